The molecule has 0 aliphatic heterocycles. The summed E-state index contributed by atoms with van der Waals surface area (Å²) in [6.07, 6.45) is 1.84. The van der Waals surface area contributed by atoms with Crippen molar-refractivity contribution in [3.63, 3.8) is 0 Å². The van der Waals surface area contributed by atoms with E-state index in [9.17, 15) is 0 Å². The molecule has 0 bridgehead atoms. The van der Waals surface area contributed by atoms with E-state index in [0.717, 1.165) is 22.4 Å². The first-order chi connectivity index (χ1) is 12.9. The lowest BCUT2D eigenvalue weighted by molar-refractivity contribution is 0.420. The molecule has 5 rings (SSSR count). The Morgan fingerprint density at radius 3 is 2.31 bits per heavy atom. The van der Waals surface area contributed by atoms with Crippen molar-refractivity contribution in [2.45, 2.75) is 0 Å². The van der Waals surface area contributed by atoms with Crippen LogP contribution < -0.4 is 4.74 Å². The Labute approximate surface area is 151 Å². The topological polar surface area (TPSA) is 22.1 Å². The van der Waals surface area contributed by atoms with Crippen LogP contribution in [0.3, 0.4) is 0 Å². The van der Waals surface area contributed by atoms with Crippen molar-refractivity contribution in [1.29, 1.82) is 0 Å². The summed E-state index contributed by atoms with van der Waals surface area (Å²) in [5.74, 6) is 0.884. The predicted molar refractivity (Wildman–Crippen MR) is 109 cm³/mol. The maximum atomic E-state index is 5.66. The van der Waals surface area contributed by atoms with Gasteiger partial charge in [-0.3, -0.25) is 4.98 Å². The minimum atomic E-state index is 0.884. The Bertz CT molecular complexity index is 1260. The van der Waals surface area contributed by atoms with Crippen LogP contribution in [0.2, 0.25) is 0 Å². The SMILES string of the molecule is COc1ccc(-c2ccccn2)c2c1ccc1ccc3ccccc3c12. The number of fused-ring (bicyclic) bond motifs is 5. The Morgan fingerprint density at radius 1 is 0.654 bits per heavy atom. The summed E-state index contributed by atoms with van der Waals surface area (Å²) in [6, 6.07) is 27.4. The first-order valence-corrected chi connectivity index (χ1v) is 8.69. The van der Waals surface area contributed by atoms with Crippen LogP contribution in [0.5, 0.6) is 5.75 Å². The summed E-state index contributed by atoms with van der Waals surface area (Å²) in [7, 11) is 1.72. The van der Waals surface area contributed by atoms with Gasteiger partial charge in [0.15, 0.2) is 0 Å². The van der Waals surface area contributed by atoms with Gasteiger partial charge in [-0.25, -0.2) is 0 Å². The van der Waals surface area contributed by atoms with Crippen LogP contribution in [-0.4, -0.2) is 12.1 Å². The van der Waals surface area contributed by atoms with E-state index in [1.165, 1.54) is 26.9 Å². The van der Waals surface area contributed by atoms with Crippen molar-refractivity contribution in [3.05, 3.63) is 85.1 Å². The molecule has 0 amide bonds. The summed E-state index contributed by atoms with van der Waals surface area (Å²) in [5, 5.41) is 7.27. The smallest absolute Gasteiger partial charge is 0.126 e. The third-order valence-electron chi connectivity index (χ3n) is 5.01. The molecule has 0 N–H and O–H groups in total. The molecular weight excluding hydrogens is 318 g/mol. The van der Waals surface area contributed by atoms with Gasteiger partial charge in [0.2, 0.25) is 0 Å². The van der Waals surface area contributed by atoms with Crippen LogP contribution in [0.15, 0.2) is 85.1 Å². The second kappa shape index (κ2) is 5.85. The molecule has 1 aromatic heterocycles. The van der Waals surface area contributed by atoms with Gasteiger partial charge in [-0.05, 0) is 51.9 Å². The summed E-state index contributed by atoms with van der Waals surface area (Å²) in [5.41, 5.74) is 2.10. The molecule has 0 saturated heterocycles. The number of aromatic nitrogens is 1. The second-order valence-corrected chi connectivity index (χ2v) is 6.40. The lowest BCUT2D eigenvalue weighted by Crippen LogP contribution is -1.91. The number of methoxy groups -OCH3 is 1. The average molecular weight is 335 g/mol. The van der Waals surface area contributed by atoms with Crippen molar-refractivity contribution >= 4 is 32.3 Å². The molecule has 0 radical (unpaired) electrons. The lowest BCUT2D eigenvalue weighted by atomic mass is 9.92. The van der Waals surface area contributed by atoms with E-state index in [4.69, 9.17) is 4.74 Å². The van der Waals surface area contributed by atoms with Crippen LogP contribution >= 0.6 is 0 Å². The molecule has 124 valence electrons. The van der Waals surface area contributed by atoms with E-state index in [-0.39, 0.29) is 0 Å². The van der Waals surface area contributed by atoms with E-state index in [1.54, 1.807) is 7.11 Å². The highest BCUT2D eigenvalue weighted by molar-refractivity contribution is 6.24. The molecule has 4 aromatic carbocycles. The highest BCUT2D eigenvalue weighted by Crippen LogP contribution is 2.40. The molecule has 5 aromatic rings. The fraction of sp³-hybridized carbons (Fsp3) is 0.0417. The molecule has 0 saturated carbocycles. The molecule has 0 aliphatic carbocycles. The van der Waals surface area contributed by atoms with Gasteiger partial charge in [0.1, 0.15) is 5.75 Å². The van der Waals surface area contributed by atoms with Gasteiger partial charge in [0.05, 0.1) is 12.8 Å². The number of hydrogen-bond acceptors (Lipinski definition) is 2. The molecule has 2 heteroatoms. The number of ether oxygens (including phenoxy) is 1. The van der Waals surface area contributed by atoms with Gasteiger partial charge in [-0.15, -0.1) is 0 Å². The first kappa shape index (κ1) is 14.9. The zero-order valence-electron chi connectivity index (χ0n) is 14.4. The number of hydrogen-bond donors (Lipinski definition) is 0. The van der Waals surface area contributed by atoms with Crippen LogP contribution in [0.1, 0.15) is 0 Å². The van der Waals surface area contributed by atoms with E-state index in [0.29, 0.717) is 0 Å². The number of rotatable bonds is 2. The summed E-state index contributed by atoms with van der Waals surface area (Å²) >= 11 is 0. The Morgan fingerprint density at radius 2 is 1.46 bits per heavy atom. The lowest BCUT2D eigenvalue weighted by Gasteiger charge is -2.14. The average Bonchev–Trinajstić information content (AvgIpc) is 2.73. The molecular formula is C24H17NO. The molecule has 0 aliphatic rings. The van der Waals surface area contributed by atoms with Crippen LogP contribution in [0.25, 0.3) is 43.6 Å². The molecule has 1 heterocycles. The maximum absolute atomic E-state index is 5.66. The van der Waals surface area contributed by atoms with Crippen molar-refractivity contribution in [2.75, 3.05) is 7.11 Å². The number of nitrogens with zero attached hydrogens (tertiary/aromatic N) is 1. The minimum Gasteiger partial charge on any atom is -0.496 e. The minimum absolute atomic E-state index is 0.884. The zero-order chi connectivity index (χ0) is 17.5. The quantitative estimate of drug-likeness (QED) is 0.357. The summed E-state index contributed by atoms with van der Waals surface area (Å²) < 4.78 is 5.66. The summed E-state index contributed by atoms with van der Waals surface area (Å²) in [4.78, 5) is 4.60. The van der Waals surface area contributed by atoms with Gasteiger partial charge in [-0.1, -0.05) is 48.5 Å². The second-order valence-electron chi connectivity index (χ2n) is 6.40. The largest absolute Gasteiger partial charge is 0.496 e. The van der Waals surface area contributed by atoms with Gasteiger partial charge in [0.25, 0.3) is 0 Å². The van der Waals surface area contributed by atoms with Gasteiger partial charge in [-0.2, -0.15) is 0 Å². The Balaban J connectivity index is 2.06. The zero-order valence-corrected chi connectivity index (χ0v) is 14.4. The number of pyridine rings is 1. The Kier molecular flexibility index (Phi) is 3.36. The van der Waals surface area contributed by atoms with Crippen LogP contribution in [0.4, 0.5) is 0 Å². The van der Waals surface area contributed by atoms with Crippen molar-refractivity contribution in [2.24, 2.45) is 0 Å². The first-order valence-electron chi connectivity index (χ1n) is 8.69. The van der Waals surface area contributed by atoms with E-state index in [1.807, 2.05) is 24.4 Å². The van der Waals surface area contributed by atoms with Gasteiger partial charge < -0.3 is 4.74 Å². The maximum Gasteiger partial charge on any atom is 0.126 e. The molecule has 2 nitrogen and oxygen atoms in total. The fourth-order valence-electron chi connectivity index (χ4n) is 3.83. The van der Waals surface area contributed by atoms with Crippen molar-refractivity contribution < 1.29 is 4.74 Å². The van der Waals surface area contributed by atoms with Gasteiger partial charge in [0, 0.05) is 22.5 Å². The van der Waals surface area contributed by atoms with Crippen molar-refractivity contribution in [3.8, 4) is 17.0 Å². The number of benzene rings is 4. The highest BCUT2D eigenvalue weighted by atomic mass is 16.5. The molecule has 0 unspecified atom stereocenters. The molecule has 0 spiro atoms. The molecule has 26 heavy (non-hydrogen) atoms. The third kappa shape index (κ3) is 2.16. The van der Waals surface area contributed by atoms with E-state index < -0.39 is 0 Å². The van der Waals surface area contributed by atoms with Crippen LogP contribution in [0, 0.1) is 0 Å². The highest BCUT2D eigenvalue weighted by Gasteiger charge is 2.14. The fourth-order valence-corrected chi connectivity index (χ4v) is 3.83. The summed E-state index contributed by atoms with van der Waals surface area (Å²) in [6.45, 7) is 0. The Hall–Kier alpha value is -3.39. The van der Waals surface area contributed by atoms with Crippen molar-refractivity contribution in [1.82, 2.24) is 4.98 Å². The standard InChI is InChI=1S/C24H17NO/c1-26-22-14-13-19(21-8-4-5-15-25-21)24-20(22)12-11-17-10-9-16-6-2-3-7-18(16)23(17)24/h2-15H,1H3. The predicted octanol–water partition coefficient (Wildman–Crippen LogP) is 6.22. The normalized spacial score (nSPS) is 11.3. The van der Waals surface area contributed by atoms with E-state index >= 15 is 0 Å². The third-order valence-corrected chi connectivity index (χ3v) is 5.01. The van der Waals surface area contributed by atoms with Gasteiger partial charge >= 0.3 is 0 Å². The molecule has 0 fully saturated rings. The van der Waals surface area contributed by atoms with E-state index in [2.05, 4.69) is 65.6 Å². The monoisotopic (exact) mass is 335 g/mol. The molecule has 0 atom stereocenters. The van der Waals surface area contributed by atoms with Crippen LogP contribution in [-0.2, 0) is 0 Å².